The van der Waals surface area contributed by atoms with Gasteiger partial charge < -0.3 is 0 Å². The van der Waals surface area contributed by atoms with Gasteiger partial charge in [-0.05, 0) is 30.2 Å². The number of hydrogen-bond acceptors (Lipinski definition) is 3. The minimum Gasteiger partial charge on any atom is -0.299 e. The summed E-state index contributed by atoms with van der Waals surface area (Å²) in [6.07, 6.45) is 4.12. The van der Waals surface area contributed by atoms with E-state index in [1.165, 1.54) is 31.4 Å². The third kappa shape index (κ3) is 1.92. The van der Waals surface area contributed by atoms with Crippen molar-refractivity contribution in [1.29, 1.82) is 0 Å². The molecule has 0 bridgehead atoms. The Balaban J connectivity index is 1.62. The van der Waals surface area contributed by atoms with Gasteiger partial charge in [0.05, 0.1) is 4.92 Å². The molecule has 0 aliphatic heterocycles. The van der Waals surface area contributed by atoms with Crippen molar-refractivity contribution in [2.24, 2.45) is 17.8 Å². The minimum atomic E-state index is -0.420. The van der Waals surface area contributed by atoms with Gasteiger partial charge in [0.25, 0.3) is 5.69 Å². The minimum absolute atomic E-state index is 0.0782. The van der Waals surface area contributed by atoms with E-state index in [1.807, 2.05) is 0 Å². The second kappa shape index (κ2) is 4.19. The van der Waals surface area contributed by atoms with Gasteiger partial charge in [-0.3, -0.25) is 14.9 Å². The van der Waals surface area contributed by atoms with E-state index in [1.54, 1.807) is 12.1 Å². The monoisotopic (exact) mass is 245 g/mol. The number of carbonyl (C=O) groups excluding carboxylic acids is 1. The van der Waals surface area contributed by atoms with E-state index in [2.05, 4.69) is 0 Å². The van der Waals surface area contributed by atoms with Crippen LogP contribution >= 0.6 is 0 Å². The van der Waals surface area contributed by atoms with Gasteiger partial charge in [-0.1, -0.05) is 18.6 Å². The number of nitro benzene ring substituents is 1. The predicted molar refractivity (Wildman–Crippen MR) is 66.1 cm³/mol. The van der Waals surface area contributed by atoms with Crippen LogP contribution in [0.5, 0.6) is 0 Å². The fraction of sp³-hybridized carbons (Fsp3) is 0.500. The molecule has 18 heavy (non-hydrogen) atoms. The molecule has 2 fully saturated rings. The lowest BCUT2D eigenvalue weighted by atomic mass is 10.0. The lowest BCUT2D eigenvalue weighted by molar-refractivity contribution is -0.384. The zero-order valence-electron chi connectivity index (χ0n) is 10.0. The first kappa shape index (κ1) is 11.4. The van der Waals surface area contributed by atoms with Gasteiger partial charge >= 0.3 is 0 Å². The number of benzene rings is 1. The van der Waals surface area contributed by atoms with Crippen LogP contribution in [0.4, 0.5) is 5.69 Å². The number of fused-ring (bicyclic) bond motifs is 1. The van der Waals surface area contributed by atoms with Crippen molar-refractivity contribution in [1.82, 2.24) is 0 Å². The highest BCUT2D eigenvalue weighted by molar-refractivity contribution is 5.86. The molecule has 0 radical (unpaired) electrons. The summed E-state index contributed by atoms with van der Waals surface area (Å²) in [5.41, 5.74) is 0.963. The number of carbonyl (C=O) groups is 1. The summed E-state index contributed by atoms with van der Waals surface area (Å²) in [6.45, 7) is 0. The summed E-state index contributed by atoms with van der Waals surface area (Å²) in [7, 11) is 0. The van der Waals surface area contributed by atoms with Crippen LogP contribution in [0.25, 0.3) is 0 Å². The second-order valence-corrected chi connectivity index (χ2v) is 5.35. The third-order valence-electron chi connectivity index (χ3n) is 4.30. The molecule has 0 saturated heterocycles. The maximum atomic E-state index is 12.1. The molecule has 4 heteroatoms. The second-order valence-electron chi connectivity index (χ2n) is 5.35. The van der Waals surface area contributed by atoms with Crippen LogP contribution in [-0.4, -0.2) is 10.7 Å². The van der Waals surface area contributed by atoms with E-state index < -0.39 is 4.92 Å². The molecule has 2 aliphatic carbocycles. The number of ketones is 1. The topological polar surface area (TPSA) is 60.2 Å². The smallest absolute Gasteiger partial charge is 0.269 e. The Morgan fingerprint density at radius 2 is 1.83 bits per heavy atom. The Kier molecular flexibility index (Phi) is 2.65. The van der Waals surface area contributed by atoms with Gasteiger partial charge in [0.1, 0.15) is 5.78 Å². The molecular formula is C14H15NO3. The quantitative estimate of drug-likeness (QED) is 0.605. The number of nitrogens with zero attached hydrogens (tertiary/aromatic N) is 1. The van der Waals surface area contributed by atoms with Crippen LogP contribution in [-0.2, 0) is 11.2 Å². The molecule has 0 aromatic heterocycles. The molecule has 0 spiro atoms. The highest BCUT2D eigenvalue weighted by atomic mass is 16.6. The molecule has 2 aliphatic rings. The van der Waals surface area contributed by atoms with E-state index in [-0.39, 0.29) is 11.6 Å². The predicted octanol–water partition coefficient (Wildman–Crippen LogP) is 2.75. The largest absolute Gasteiger partial charge is 0.299 e. The van der Waals surface area contributed by atoms with Gasteiger partial charge in [-0.15, -0.1) is 0 Å². The van der Waals surface area contributed by atoms with Gasteiger partial charge in [0.15, 0.2) is 0 Å². The van der Waals surface area contributed by atoms with Crippen molar-refractivity contribution in [3.63, 3.8) is 0 Å². The van der Waals surface area contributed by atoms with Crippen LogP contribution in [0, 0.1) is 27.9 Å². The molecule has 4 nitrogen and oxygen atoms in total. The van der Waals surface area contributed by atoms with E-state index in [4.69, 9.17) is 0 Å². The standard InChI is InChI=1S/C14H15NO3/c16-13(14-11-2-1-3-12(11)14)8-9-4-6-10(7-5-9)15(17)18/h4-7,11-12,14H,1-3,8H2. The number of Topliss-reactive ketones (excluding diaryl/α,β-unsaturated/α-hetero) is 1. The number of rotatable bonds is 4. The van der Waals surface area contributed by atoms with Crippen LogP contribution in [0.15, 0.2) is 24.3 Å². The normalized spacial score (nSPS) is 28.8. The molecule has 0 N–H and O–H groups in total. The number of hydrogen-bond donors (Lipinski definition) is 0. The number of nitro groups is 1. The van der Waals surface area contributed by atoms with Crippen molar-refractivity contribution in [3.8, 4) is 0 Å². The van der Waals surface area contributed by atoms with Crippen molar-refractivity contribution in [3.05, 3.63) is 39.9 Å². The van der Waals surface area contributed by atoms with Gasteiger partial charge in [0.2, 0.25) is 0 Å². The van der Waals surface area contributed by atoms with E-state index in [0.29, 0.717) is 24.0 Å². The molecule has 0 heterocycles. The SMILES string of the molecule is O=C(Cc1ccc([N+](=O)[O-])cc1)C1C2CCCC21. The van der Waals surface area contributed by atoms with Crippen LogP contribution < -0.4 is 0 Å². The summed E-state index contributed by atoms with van der Waals surface area (Å²) in [6, 6.07) is 6.31. The van der Waals surface area contributed by atoms with Crippen LogP contribution in [0.3, 0.4) is 0 Å². The Labute approximate surface area is 105 Å². The van der Waals surface area contributed by atoms with Crippen molar-refractivity contribution >= 4 is 11.5 Å². The van der Waals surface area contributed by atoms with Gasteiger partial charge in [-0.25, -0.2) is 0 Å². The highest BCUT2D eigenvalue weighted by Gasteiger charge is 2.55. The van der Waals surface area contributed by atoms with Gasteiger partial charge in [0, 0.05) is 24.5 Å². The molecule has 94 valence electrons. The summed E-state index contributed by atoms with van der Waals surface area (Å²) < 4.78 is 0. The third-order valence-corrected chi connectivity index (χ3v) is 4.30. The fourth-order valence-electron chi connectivity index (χ4n) is 3.35. The molecule has 2 atom stereocenters. The van der Waals surface area contributed by atoms with E-state index >= 15 is 0 Å². The maximum Gasteiger partial charge on any atom is 0.269 e. The zero-order valence-corrected chi connectivity index (χ0v) is 10.0. The Hall–Kier alpha value is -1.71. The summed E-state index contributed by atoms with van der Waals surface area (Å²) in [5.74, 6) is 1.90. The van der Waals surface area contributed by atoms with Crippen LogP contribution in [0.2, 0.25) is 0 Å². The Morgan fingerprint density at radius 3 is 2.39 bits per heavy atom. The lowest BCUT2D eigenvalue weighted by Crippen LogP contribution is -2.09. The molecule has 0 amide bonds. The first-order chi connectivity index (χ1) is 8.66. The van der Waals surface area contributed by atoms with Crippen molar-refractivity contribution < 1.29 is 9.72 Å². The lowest BCUT2D eigenvalue weighted by Gasteiger charge is -2.03. The van der Waals surface area contributed by atoms with E-state index in [0.717, 1.165) is 5.56 Å². The summed E-state index contributed by atoms with van der Waals surface area (Å²) in [5, 5.41) is 10.5. The molecule has 2 unspecified atom stereocenters. The fourth-order valence-corrected chi connectivity index (χ4v) is 3.35. The molecule has 1 aromatic rings. The molecule has 2 saturated carbocycles. The molecule has 3 rings (SSSR count). The summed E-state index contributed by atoms with van der Waals surface area (Å²) >= 11 is 0. The average Bonchev–Trinajstić information content (AvgIpc) is 2.84. The average molecular weight is 245 g/mol. The molecule has 1 aromatic carbocycles. The van der Waals surface area contributed by atoms with E-state index in [9.17, 15) is 14.9 Å². The summed E-state index contributed by atoms with van der Waals surface area (Å²) in [4.78, 5) is 22.2. The van der Waals surface area contributed by atoms with Gasteiger partial charge in [-0.2, -0.15) is 0 Å². The highest BCUT2D eigenvalue weighted by Crippen LogP contribution is 2.58. The Bertz CT molecular complexity index is 484. The van der Waals surface area contributed by atoms with Crippen molar-refractivity contribution in [2.75, 3.05) is 0 Å². The molecular weight excluding hydrogens is 230 g/mol. The first-order valence-electron chi connectivity index (χ1n) is 6.43. The van der Waals surface area contributed by atoms with Crippen molar-refractivity contribution in [2.45, 2.75) is 25.7 Å². The number of non-ortho nitro benzene ring substituents is 1. The zero-order chi connectivity index (χ0) is 12.7. The maximum absolute atomic E-state index is 12.1. The first-order valence-corrected chi connectivity index (χ1v) is 6.43. The van der Waals surface area contributed by atoms with Crippen LogP contribution in [0.1, 0.15) is 24.8 Å². The Morgan fingerprint density at radius 1 is 1.22 bits per heavy atom.